The number of anilines is 1. The van der Waals surface area contributed by atoms with Crippen molar-refractivity contribution in [3.63, 3.8) is 0 Å². The lowest BCUT2D eigenvalue weighted by molar-refractivity contribution is -0.121. The summed E-state index contributed by atoms with van der Waals surface area (Å²) >= 11 is 12.5. The van der Waals surface area contributed by atoms with Crippen LogP contribution in [0.15, 0.2) is 66.8 Å². The standard InChI is InChI=1S/C25H24Cl2N2O2/c26-18-8-4-7-17(11-18)21-13-24(31)29-14-22(16-5-2-1-3-6-16)25(21,15-30)20-10-9-19(27)12-23(20)28/h1-5,7-12,15-16,21-22H,6,13-14,28H2,(H,29,31)/t16?,21-,22-,25+/m0/s1. The third-order valence-corrected chi connectivity index (χ3v) is 7.03. The third kappa shape index (κ3) is 4.02. The number of rotatable bonds is 4. The van der Waals surface area contributed by atoms with Gasteiger partial charge >= 0.3 is 0 Å². The lowest BCUT2D eigenvalue weighted by atomic mass is 9.57. The second-order valence-electron chi connectivity index (χ2n) is 8.22. The van der Waals surface area contributed by atoms with Crippen molar-refractivity contribution in [1.29, 1.82) is 0 Å². The smallest absolute Gasteiger partial charge is 0.220 e. The van der Waals surface area contributed by atoms with Crippen LogP contribution in [0.25, 0.3) is 0 Å². The van der Waals surface area contributed by atoms with Crippen molar-refractivity contribution in [2.24, 2.45) is 11.8 Å². The Hall–Kier alpha value is -2.56. The van der Waals surface area contributed by atoms with Crippen LogP contribution in [0.1, 0.15) is 29.9 Å². The number of carbonyl (C=O) groups is 2. The number of benzene rings is 2. The SMILES string of the molecule is Nc1cc(Cl)ccc1[C@]1(C=O)[C@H](c2cccc(Cl)c2)CC(=O)NC[C@H]1C1C=CC=CC1. The second-order valence-corrected chi connectivity index (χ2v) is 9.09. The molecule has 1 saturated heterocycles. The average Bonchev–Trinajstić information content (AvgIpc) is 2.91. The first-order chi connectivity index (χ1) is 15.0. The van der Waals surface area contributed by atoms with E-state index in [4.69, 9.17) is 28.9 Å². The highest BCUT2D eigenvalue weighted by Crippen LogP contribution is 2.52. The van der Waals surface area contributed by atoms with E-state index in [0.29, 0.717) is 27.8 Å². The number of aldehydes is 1. The molecule has 1 aliphatic carbocycles. The van der Waals surface area contributed by atoms with E-state index >= 15 is 0 Å². The van der Waals surface area contributed by atoms with Gasteiger partial charge in [-0.25, -0.2) is 0 Å². The first-order valence-electron chi connectivity index (χ1n) is 10.3. The minimum absolute atomic E-state index is 0.0605. The number of nitrogens with one attached hydrogen (secondary N) is 1. The highest BCUT2D eigenvalue weighted by molar-refractivity contribution is 6.31. The summed E-state index contributed by atoms with van der Waals surface area (Å²) in [5, 5.41) is 4.10. The van der Waals surface area contributed by atoms with Crippen LogP contribution in [0.3, 0.4) is 0 Å². The maximum Gasteiger partial charge on any atom is 0.220 e. The lowest BCUT2D eigenvalue weighted by Gasteiger charge is -2.44. The molecule has 3 N–H and O–H groups in total. The van der Waals surface area contributed by atoms with Gasteiger partial charge < -0.3 is 15.8 Å². The number of allylic oxidation sites excluding steroid dienone is 4. The van der Waals surface area contributed by atoms with E-state index in [2.05, 4.69) is 17.5 Å². The van der Waals surface area contributed by atoms with Crippen LogP contribution in [0, 0.1) is 11.8 Å². The van der Waals surface area contributed by atoms with Crippen molar-refractivity contribution in [2.75, 3.05) is 12.3 Å². The summed E-state index contributed by atoms with van der Waals surface area (Å²) in [5.41, 5.74) is 7.39. The Kier molecular flexibility index (Phi) is 6.22. The largest absolute Gasteiger partial charge is 0.398 e. The molecule has 1 unspecified atom stereocenters. The van der Waals surface area contributed by atoms with E-state index in [1.165, 1.54) is 0 Å². The maximum absolute atomic E-state index is 13.2. The Morgan fingerprint density at radius 2 is 1.90 bits per heavy atom. The molecule has 2 aromatic rings. The molecule has 1 fully saturated rings. The molecule has 0 radical (unpaired) electrons. The van der Waals surface area contributed by atoms with Gasteiger partial charge in [0.2, 0.25) is 5.91 Å². The fraction of sp³-hybridized carbons (Fsp3) is 0.280. The number of nitrogens with two attached hydrogens (primary N) is 1. The third-order valence-electron chi connectivity index (χ3n) is 6.56. The summed E-state index contributed by atoms with van der Waals surface area (Å²) in [6, 6.07) is 12.6. The van der Waals surface area contributed by atoms with Gasteiger partial charge in [0.05, 0.1) is 5.41 Å². The minimum Gasteiger partial charge on any atom is -0.398 e. The van der Waals surface area contributed by atoms with Crippen molar-refractivity contribution in [3.05, 3.63) is 87.9 Å². The quantitative estimate of drug-likeness (QED) is 0.500. The predicted octanol–water partition coefficient (Wildman–Crippen LogP) is 5.06. The van der Waals surface area contributed by atoms with E-state index in [1.54, 1.807) is 18.2 Å². The van der Waals surface area contributed by atoms with E-state index in [9.17, 15) is 9.59 Å². The van der Waals surface area contributed by atoms with Crippen LogP contribution < -0.4 is 11.1 Å². The number of hydrogen-bond donors (Lipinski definition) is 2. The first kappa shape index (κ1) is 21.7. The fourth-order valence-corrected chi connectivity index (χ4v) is 5.53. The summed E-state index contributed by atoms with van der Waals surface area (Å²) < 4.78 is 0. The Labute approximate surface area is 192 Å². The molecule has 1 aliphatic heterocycles. The molecule has 0 bridgehead atoms. The topological polar surface area (TPSA) is 72.2 Å². The molecule has 1 amide bonds. The van der Waals surface area contributed by atoms with Crippen LogP contribution in [0.2, 0.25) is 10.0 Å². The van der Waals surface area contributed by atoms with E-state index in [1.807, 2.05) is 36.4 Å². The van der Waals surface area contributed by atoms with Gasteiger partial charge in [-0.2, -0.15) is 0 Å². The van der Waals surface area contributed by atoms with E-state index in [0.717, 1.165) is 18.3 Å². The molecule has 4 rings (SSSR count). The van der Waals surface area contributed by atoms with Gasteiger partial charge in [0, 0.05) is 34.6 Å². The summed E-state index contributed by atoms with van der Waals surface area (Å²) in [5.74, 6) is -0.670. The predicted molar refractivity (Wildman–Crippen MR) is 125 cm³/mol. The Morgan fingerprint density at radius 3 is 2.58 bits per heavy atom. The van der Waals surface area contributed by atoms with Gasteiger partial charge in [-0.1, -0.05) is 65.7 Å². The van der Waals surface area contributed by atoms with Crippen molar-refractivity contribution in [1.82, 2.24) is 5.32 Å². The summed E-state index contributed by atoms with van der Waals surface area (Å²) in [6.45, 7) is 0.375. The van der Waals surface area contributed by atoms with Crippen molar-refractivity contribution >= 4 is 41.1 Å². The molecular formula is C25H24Cl2N2O2. The molecule has 0 saturated carbocycles. The van der Waals surface area contributed by atoms with E-state index < -0.39 is 11.3 Å². The van der Waals surface area contributed by atoms with Crippen molar-refractivity contribution < 1.29 is 9.59 Å². The first-order valence-corrected chi connectivity index (χ1v) is 11.1. The number of carbonyl (C=O) groups excluding carboxylic acids is 2. The Bertz CT molecular complexity index is 1070. The van der Waals surface area contributed by atoms with Crippen molar-refractivity contribution in [3.8, 4) is 0 Å². The van der Waals surface area contributed by atoms with Crippen LogP contribution in [0.4, 0.5) is 5.69 Å². The molecule has 6 heteroatoms. The average molecular weight is 455 g/mol. The van der Waals surface area contributed by atoms with Crippen LogP contribution in [-0.4, -0.2) is 18.7 Å². The summed E-state index contributed by atoms with van der Waals surface area (Å²) in [6.07, 6.45) is 10.1. The maximum atomic E-state index is 13.2. The van der Waals surface area contributed by atoms with Gasteiger partial charge in [-0.3, -0.25) is 4.79 Å². The van der Waals surface area contributed by atoms with Crippen LogP contribution in [-0.2, 0) is 15.0 Å². The zero-order chi connectivity index (χ0) is 22.0. The molecule has 0 spiro atoms. The molecular weight excluding hydrogens is 431 g/mol. The Morgan fingerprint density at radius 1 is 1.10 bits per heavy atom. The number of halogens is 2. The molecule has 160 valence electrons. The number of amides is 1. The zero-order valence-electron chi connectivity index (χ0n) is 16.9. The van der Waals surface area contributed by atoms with Gasteiger partial charge in [-0.15, -0.1) is 0 Å². The van der Waals surface area contributed by atoms with Crippen molar-refractivity contribution in [2.45, 2.75) is 24.2 Å². The molecule has 0 aromatic heterocycles. The van der Waals surface area contributed by atoms with Gasteiger partial charge in [0.1, 0.15) is 6.29 Å². The highest BCUT2D eigenvalue weighted by atomic mass is 35.5. The number of hydrogen-bond acceptors (Lipinski definition) is 3. The van der Waals surface area contributed by atoms with Gasteiger partial charge in [-0.05, 0) is 53.6 Å². The zero-order valence-corrected chi connectivity index (χ0v) is 18.4. The summed E-state index contributed by atoms with van der Waals surface area (Å²) in [7, 11) is 0. The monoisotopic (exact) mass is 454 g/mol. The molecule has 31 heavy (non-hydrogen) atoms. The number of nitrogen functional groups attached to an aromatic ring is 1. The van der Waals surface area contributed by atoms with E-state index in [-0.39, 0.29) is 24.2 Å². The van der Waals surface area contributed by atoms with Crippen LogP contribution in [0.5, 0.6) is 0 Å². The molecule has 4 nitrogen and oxygen atoms in total. The molecule has 2 aromatic carbocycles. The molecule has 4 atom stereocenters. The molecule has 2 aliphatic rings. The summed E-state index contributed by atoms with van der Waals surface area (Å²) in [4.78, 5) is 26.0. The van der Waals surface area contributed by atoms with Gasteiger partial charge in [0.25, 0.3) is 0 Å². The molecule has 1 heterocycles. The second kappa shape index (κ2) is 8.89. The minimum atomic E-state index is -1.04. The lowest BCUT2D eigenvalue weighted by Crippen LogP contribution is -2.48. The normalized spacial score (nSPS) is 28.1. The fourth-order valence-electron chi connectivity index (χ4n) is 5.15. The Balaban J connectivity index is 1.99. The van der Waals surface area contributed by atoms with Crippen LogP contribution >= 0.6 is 23.2 Å². The highest BCUT2D eigenvalue weighted by Gasteiger charge is 2.52. The van der Waals surface area contributed by atoms with Gasteiger partial charge in [0.15, 0.2) is 0 Å².